The number of fused-ring (bicyclic) bond motifs is 5. The Morgan fingerprint density at radius 1 is 1.05 bits per heavy atom. The Hall–Kier alpha value is -4.43. The first-order chi connectivity index (χ1) is 19.5. The average Bonchev–Trinajstić information content (AvgIpc) is 2.94. The third kappa shape index (κ3) is 5.22. The Labute approximate surface area is 232 Å². The summed E-state index contributed by atoms with van der Waals surface area (Å²) in [6.07, 6.45) is 2.71. The first-order valence-corrected chi connectivity index (χ1v) is 13.7. The van der Waals surface area contributed by atoms with Crippen LogP contribution in [-0.2, 0) is 13.1 Å². The number of likely N-dealkylation sites (tertiary alicyclic amines) is 1. The molecule has 204 valence electrons. The number of ether oxygens (including phenoxy) is 1. The van der Waals surface area contributed by atoms with Crippen molar-refractivity contribution in [2.24, 2.45) is 11.0 Å². The van der Waals surface area contributed by atoms with Crippen molar-refractivity contribution in [2.75, 3.05) is 19.7 Å². The number of nitrogens with one attached hydrogen (secondary N) is 1. The largest absolute Gasteiger partial charge is 0.507 e. The minimum atomic E-state index is -0.482. The van der Waals surface area contributed by atoms with Crippen LogP contribution in [0.1, 0.15) is 46.4 Å². The minimum absolute atomic E-state index is 0.0893. The maximum atomic E-state index is 12.7. The highest BCUT2D eigenvalue weighted by Crippen LogP contribution is 2.36. The van der Waals surface area contributed by atoms with Gasteiger partial charge in [-0.25, -0.2) is 5.43 Å². The molecule has 2 aliphatic rings. The van der Waals surface area contributed by atoms with Crippen molar-refractivity contribution in [3.05, 3.63) is 106 Å². The standard InChI is InChI=1S/C32H32N4O4/c1-2-40-30-11-10-21(16-33-34-32(39)27-14-23-6-3-4-7-24(23)15-29(27)37)12-26(30)20-35-17-22-13-25(19-35)28-8-5-9-31(38)36(28)18-22/h3-12,14-16,22,25,37H,2,13,17-20H2,1H3,(H,34,39). The van der Waals surface area contributed by atoms with Crippen LogP contribution in [0.3, 0.4) is 0 Å². The summed E-state index contributed by atoms with van der Waals surface area (Å²) in [5.41, 5.74) is 5.81. The summed E-state index contributed by atoms with van der Waals surface area (Å²) in [5.74, 6) is 1.03. The molecule has 2 unspecified atom stereocenters. The Morgan fingerprint density at radius 2 is 1.88 bits per heavy atom. The second-order valence-corrected chi connectivity index (χ2v) is 10.6. The molecule has 2 N–H and O–H groups in total. The number of phenols is 1. The summed E-state index contributed by atoms with van der Waals surface area (Å²) in [4.78, 5) is 27.6. The number of phenolic OH excluding ortho intramolecular Hbond substituents is 1. The molecule has 0 saturated carbocycles. The lowest BCUT2D eigenvalue weighted by Gasteiger charge is -2.43. The first kappa shape index (κ1) is 25.8. The summed E-state index contributed by atoms with van der Waals surface area (Å²) in [6, 6.07) is 22.3. The Kier molecular flexibility index (Phi) is 7.09. The molecule has 1 amide bonds. The number of hydrogen-bond acceptors (Lipinski definition) is 6. The van der Waals surface area contributed by atoms with Gasteiger partial charge in [0.1, 0.15) is 11.5 Å². The molecule has 0 aliphatic carbocycles. The molecule has 1 saturated heterocycles. The summed E-state index contributed by atoms with van der Waals surface area (Å²) in [7, 11) is 0. The van der Waals surface area contributed by atoms with Gasteiger partial charge in [0.25, 0.3) is 11.5 Å². The highest BCUT2D eigenvalue weighted by molar-refractivity contribution is 6.01. The van der Waals surface area contributed by atoms with Gasteiger partial charge in [0.2, 0.25) is 0 Å². The number of hydrogen-bond donors (Lipinski definition) is 2. The normalized spacial score (nSPS) is 18.5. The van der Waals surface area contributed by atoms with Crippen molar-refractivity contribution in [3.63, 3.8) is 0 Å². The second kappa shape index (κ2) is 11.0. The summed E-state index contributed by atoms with van der Waals surface area (Å²) < 4.78 is 7.88. The Morgan fingerprint density at radius 3 is 2.70 bits per heavy atom. The van der Waals surface area contributed by atoms with Crippen LogP contribution in [0.25, 0.3) is 10.8 Å². The van der Waals surface area contributed by atoms with E-state index in [1.807, 2.05) is 60.0 Å². The zero-order valence-corrected chi connectivity index (χ0v) is 22.4. The maximum Gasteiger partial charge on any atom is 0.275 e. The molecule has 3 aromatic carbocycles. The van der Waals surface area contributed by atoms with Crippen LogP contribution in [0.2, 0.25) is 0 Å². The van der Waals surface area contributed by atoms with E-state index in [2.05, 4.69) is 21.5 Å². The molecule has 40 heavy (non-hydrogen) atoms. The lowest BCUT2D eigenvalue weighted by atomic mass is 9.83. The van der Waals surface area contributed by atoms with Gasteiger partial charge < -0.3 is 14.4 Å². The molecule has 8 heteroatoms. The van der Waals surface area contributed by atoms with Gasteiger partial charge in [-0.15, -0.1) is 0 Å². The quantitative estimate of drug-likeness (QED) is 0.268. The van der Waals surface area contributed by atoms with Gasteiger partial charge in [0.05, 0.1) is 18.4 Å². The van der Waals surface area contributed by atoms with Crippen LogP contribution in [0.15, 0.2) is 82.7 Å². The molecular weight excluding hydrogens is 504 g/mol. The summed E-state index contributed by atoms with van der Waals surface area (Å²) in [6.45, 7) is 5.82. The number of hydrazone groups is 1. The highest BCUT2D eigenvalue weighted by Gasteiger charge is 2.34. The van der Waals surface area contributed by atoms with Crippen LogP contribution < -0.4 is 15.7 Å². The van der Waals surface area contributed by atoms with Crippen molar-refractivity contribution in [1.29, 1.82) is 0 Å². The van der Waals surface area contributed by atoms with Crippen LogP contribution in [0, 0.1) is 5.92 Å². The third-order valence-corrected chi connectivity index (χ3v) is 7.82. The summed E-state index contributed by atoms with van der Waals surface area (Å²) >= 11 is 0. The van der Waals surface area contributed by atoms with E-state index in [1.165, 1.54) is 0 Å². The molecule has 6 rings (SSSR count). The van der Waals surface area contributed by atoms with Crippen LogP contribution >= 0.6 is 0 Å². The fourth-order valence-electron chi connectivity index (χ4n) is 6.10. The maximum absolute atomic E-state index is 12.7. The van der Waals surface area contributed by atoms with Crippen LogP contribution in [0.4, 0.5) is 0 Å². The van der Waals surface area contributed by atoms with E-state index in [4.69, 9.17) is 4.74 Å². The second-order valence-electron chi connectivity index (χ2n) is 10.6. The fraction of sp³-hybridized carbons (Fsp3) is 0.281. The predicted molar refractivity (Wildman–Crippen MR) is 155 cm³/mol. The zero-order valence-electron chi connectivity index (χ0n) is 22.4. The molecule has 1 fully saturated rings. The lowest BCUT2D eigenvalue weighted by molar-refractivity contribution is 0.0952. The monoisotopic (exact) mass is 536 g/mol. The molecule has 3 heterocycles. The minimum Gasteiger partial charge on any atom is -0.507 e. The van der Waals surface area contributed by atoms with Gasteiger partial charge in [0, 0.05) is 49.4 Å². The van der Waals surface area contributed by atoms with Crippen LogP contribution in [-0.4, -0.2) is 46.4 Å². The predicted octanol–water partition coefficient (Wildman–Crippen LogP) is 4.49. The van der Waals surface area contributed by atoms with Gasteiger partial charge >= 0.3 is 0 Å². The smallest absolute Gasteiger partial charge is 0.275 e. The van der Waals surface area contributed by atoms with Crippen molar-refractivity contribution >= 4 is 22.9 Å². The molecule has 0 radical (unpaired) electrons. The van der Waals surface area contributed by atoms with Crippen molar-refractivity contribution in [3.8, 4) is 11.5 Å². The molecule has 4 aromatic rings. The fourth-order valence-corrected chi connectivity index (χ4v) is 6.10. The van der Waals surface area contributed by atoms with Crippen molar-refractivity contribution in [1.82, 2.24) is 14.9 Å². The van der Waals surface area contributed by atoms with E-state index < -0.39 is 5.91 Å². The number of rotatable bonds is 7. The molecule has 1 aromatic heterocycles. The van der Waals surface area contributed by atoms with Crippen molar-refractivity contribution in [2.45, 2.75) is 32.4 Å². The number of amides is 1. The van der Waals surface area contributed by atoms with E-state index in [9.17, 15) is 14.7 Å². The average molecular weight is 537 g/mol. The number of aromatic nitrogens is 1. The van der Waals surface area contributed by atoms with Gasteiger partial charge in [-0.05, 0) is 72.0 Å². The molecule has 2 bridgehead atoms. The van der Waals surface area contributed by atoms with E-state index in [0.29, 0.717) is 18.4 Å². The molecular formula is C32H32N4O4. The highest BCUT2D eigenvalue weighted by atomic mass is 16.5. The zero-order chi connectivity index (χ0) is 27.6. The van der Waals surface area contributed by atoms with E-state index in [1.54, 1.807) is 24.4 Å². The lowest BCUT2D eigenvalue weighted by Crippen LogP contribution is -2.46. The number of aromatic hydroxyl groups is 1. The van der Waals surface area contributed by atoms with Crippen LogP contribution in [0.5, 0.6) is 11.5 Å². The van der Waals surface area contributed by atoms with E-state index >= 15 is 0 Å². The molecule has 2 aliphatic heterocycles. The van der Waals surface area contributed by atoms with E-state index in [0.717, 1.165) is 65.9 Å². The number of carbonyl (C=O) groups excluding carboxylic acids is 1. The van der Waals surface area contributed by atoms with Gasteiger partial charge in [-0.3, -0.25) is 14.5 Å². The first-order valence-electron chi connectivity index (χ1n) is 13.7. The van der Waals surface area contributed by atoms with E-state index in [-0.39, 0.29) is 16.9 Å². The topological polar surface area (TPSA) is 96.2 Å². The number of pyridine rings is 1. The SMILES string of the molecule is CCOc1ccc(C=NNC(=O)c2cc3ccccc3cc2O)cc1CN1CC2CC(C1)c1cccc(=O)n1C2. The van der Waals surface area contributed by atoms with Gasteiger partial charge in [0.15, 0.2) is 0 Å². The van der Waals surface area contributed by atoms with Gasteiger partial charge in [-0.2, -0.15) is 5.10 Å². The van der Waals surface area contributed by atoms with Crippen molar-refractivity contribution < 1.29 is 14.6 Å². The van der Waals surface area contributed by atoms with Gasteiger partial charge in [-0.1, -0.05) is 30.3 Å². The Bertz CT molecular complexity index is 1660. The molecule has 2 atom stereocenters. The number of carbonyl (C=O) groups is 1. The number of piperidine rings is 1. The molecule has 8 nitrogen and oxygen atoms in total. The summed E-state index contributed by atoms with van der Waals surface area (Å²) in [5, 5.41) is 16.2. The third-order valence-electron chi connectivity index (χ3n) is 7.82. The Balaban J connectivity index is 1.17. The number of nitrogens with zero attached hydrogens (tertiary/aromatic N) is 3. The molecule has 0 spiro atoms. The number of benzene rings is 3.